The van der Waals surface area contributed by atoms with E-state index >= 15 is 0 Å². The molecule has 4 heteroatoms. The van der Waals surface area contributed by atoms with Crippen molar-refractivity contribution >= 4 is 0 Å². The molecule has 0 aliphatic carbocycles. The van der Waals surface area contributed by atoms with Crippen LogP contribution in [0.15, 0.2) is 23.0 Å². The van der Waals surface area contributed by atoms with Crippen LogP contribution in [-0.2, 0) is 11.3 Å². The van der Waals surface area contributed by atoms with E-state index in [4.69, 9.17) is 9.15 Å². The van der Waals surface area contributed by atoms with Crippen molar-refractivity contribution in [1.29, 1.82) is 0 Å². The van der Waals surface area contributed by atoms with Crippen LogP contribution in [0.2, 0.25) is 0 Å². The second-order valence-corrected chi connectivity index (χ2v) is 3.74. The van der Waals surface area contributed by atoms with E-state index in [-0.39, 0.29) is 0 Å². The van der Waals surface area contributed by atoms with E-state index in [2.05, 4.69) is 17.1 Å². The number of hydrogen-bond acceptors (Lipinski definition) is 4. The highest BCUT2D eigenvalue weighted by Gasteiger charge is 2.01. The van der Waals surface area contributed by atoms with Crippen molar-refractivity contribution in [3.63, 3.8) is 0 Å². The van der Waals surface area contributed by atoms with Crippen LogP contribution in [0.3, 0.4) is 0 Å². The second kappa shape index (κ2) is 8.33. The molecule has 0 bridgehead atoms. The molecular weight excluding hydrogens is 204 g/mol. The maximum atomic E-state index is 5.06. The quantitative estimate of drug-likeness (QED) is 0.645. The van der Waals surface area contributed by atoms with E-state index in [0.29, 0.717) is 0 Å². The number of furan rings is 1. The molecule has 0 radical (unpaired) electrons. The Bertz CT molecular complexity index is 250. The smallest absolute Gasteiger partial charge is 0.0947 e. The number of nitrogens with zero attached hydrogens (tertiary/aromatic N) is 1. The highest BCUT2D eigenvalue weighted by atomic mass is 16.5. The Hall–Kier alpha value is -0.840. The van der Waals surface area contributed by atoms with Gasteiger partial charge in [0.25, 0.3) is 0 Å². The van der Waals surface area contributed by atoms with Gasteiger partial charge in [0.2, 0.25) is 0 Å². The monoisotopic (exact) mass is 226 g/mol. The van der Waals surface area contributed by atoms with Crippen molar-refractivity contribution in [2.75, 3.05) is 39.9 Å². The first-order chi connectivity index (χ1) is 7.86. The van der Waals surface area contributed by atoms with Crippen LogP contribution >= 0.6 is 0 Å². The molecule has 1 aromatic rings. The first kappa shape index (κ1) is 13.2. The van der Waals surface area contributed by atoms with Gasteiger partial charge < -0.3 is 19.4 Å². The zero-order valence-electron chi connectivity index (χ0n) is 10.2. The van der Waals surface area contributed by atoms with Gasteiger partial charge in [0.15, 0.2) is 0 Å². The fourth-order valence-corrected chi connectivity index (χ4v) is 1.51. The molecule has 4 nitrogen and oxygen atoms in total. The largest absolute Gasteiger partial charge is 0.472 e. The summed E-state index contributed by atoms with van der Waals surface area (Å²) in [4.78, 5) is 2.37. The van der Waals surface area contributed by atoms with E-state index in [1.54, 1.807) is 19.6 Å². The second-order valence-electron chi connectivity index (χ2n) is 3.74. The summed E-state index contributed by atoms with van der Waals surface area (Å²) in [6.45, 7) is 7.96. The number of nitrogens with one attached hydrogen (secondary N) is 1. The Balaban J connectivity index is 2.04. The molecule has 0 aliphatic heterocycles. The lowest BCUT2D eigenvalue weighted by atomic mass is 10.3. The maximum absolute atomic E-state index is 5.06. The molecule has 0 fully saturated rings. The number of methoxy groups -OCH3 is 1. The van der Waals surface area contributed by atoms with Gasteiger partial charge in [0.1, 0.15) is 0 Å². The van der Waals surface area contributed by atoms with E-state index in [1.807, 2.05) is 6.07 Å². The van der Waals surface area contributed by atoms with Crippen LogP contribution in [0.5, 0.6) is 0 Å². The number of hydrogen-bond donors (Lipinski definition) is 1. The molecule has 1 aromatic heterocycles. The summed E-state index contributed by atoms with van der Waals surface area (Å²) in [7, 11) is 1.74. The van der Waals surface area contributed by atoms with E-state index < -0.39 is 0 Å². The van der Waals surface area contributed by atoms with Crippen molar-refractivity contribution < 1.29 is 9.15 Å². The molecule has 0 saturated heterocycles. The number of ether oxygens (including phenoxy) is 1. The van der Waals surface area contributed by atoms with Crippen LogP contribution in [0.4, 0.5) is 0 Å². The molecule has 1 heterocycles. The summed E-state index contributed by atoms with van der Waals surface area (Å²) < 4.78 is 10.1. The third-order valence-corrected chi connectivity index (χ3v) is 2.57. The van der Waals surface area contributed by atoms with E-state index in [1.165, 1.54) is 5.56 Å². The fraction of sp³-hybridized carbons (Fsp3) is 0.667. The summed E-state index contributed by atoms with van der Waals surface area (Å²) in [5, 5.41) is 3.39. The first-order valence-electron chi connectivity index (χ1n) is 5.80. The fourth-order valence-electron chi connectivity index (χ4n) is 1.51. The first-order valence-corrected chi connectivity index (χ1v) is 5.80. The third kappa shape index (κ3) is 5.30. The van der Waals surface area contributed by atoms with Crippen LogP contribution in [0.1, 0.15) is 12.5 Å². The van der Waals surface area contributed by atoms with Gasteiger partial charge >= 0.3 is 0 Å². The lowest BCUT2D eigenvalue weighted by Crippen LogP contribution is -2.34. The van der Waals surface area contributed by atoms with Crippen molar-refractivity contribution in [2.45, 2.75) is 13.5 Å². The van der Waals surface area contributed by atoms with Crippen LogP contribution in [0.25, 0.3) is 0 Å². The summed E-state index contributed by atoms with van der Waals surface area (Å²) in [6, 6.07) is 1.98. The van der Waals surface area contributed by atoms with Gasteiger partial charge in [0.05, 0.1) is 19.1 Å². The van der Waals surface area contributed by atoms with Gasteiger partial charge in [-0.3, -0.25) is 0 Å². The molecular formula is C12H22N2O2. The maximum Gasteiger partial charge on any atom is 0.0947 e. The normalized spacial score (nSPS) is 11.2. The highest BCUT2D eigenvalue weighted by Crippen LogP contribution is 1.98. The molecule has 92 valence electrons. The SMILES string of the molecule is CCN(CCNCc1ccoc1)CCOC. The molecule has 1 N–H and O–H groups in total. The van der Waals surface area contributed by atoms with Crippen LogP contribution < -0.4 is 5.32 Å². The molecule has 0 spiro atoms. The summed E-state index contributed by atoms with van der Waals surface area (Å²) in [5.74, 6) is 0. The minimum Gasteiger partial charge on any atom is -0.472 e. The summed E-state index contributed by atoms with van der Waals surface area (Å²) in [5.41, 5.74) is 1.19. The number of rotatable bonds is 9. The van der Waals surface area contributed by atoms with Gasteiger partial charge in [-0.25, -0.2) is 0 Å². The molecule has 0 aromatic carbocycles. The van der Waals surface area contributed by atoms with Crippen molar-refractivity contribution in [3.8, 4) is 0 Å². The molecule has 0 amide bonds. The zero-order chi connectivity index (χ0) is 11.6. The molecule has 0 unspecified atom stereocenters. The minimum atomic E-state index is 0.801. The summed E-state index contributed by atoms with van der Waals surface area (Å²) >= 11 is 0. The topological polar surface area (TPSA) is 37.6 Å². The Morgan fingerprint density at radius 3 is 2.94 bits per heavy atom. The Morgan fingerprint density at radius 1 is 1.44 bits per heavy atom. The number of likely N-dealkylation sites (N-methyl/N-ethyl adjacent to an activating group) is 1. The van der Waals surface area contributed by atoms with Crippen molar-refractivity contribution in [2.24, 2.45) is 0 Å². The Morgan fingerprint density at radius 2 is 2.31 bits per heavy atom. The van der Waals surface area contributed by atoms with Gasteiger partial charge in [0, 0.05) is 38.9 Å². The Labute approximate surface area is 97.6 Å². The van der Waals surface area contributed by atoms with Crippen LogP contribution in [0, 0.1) is 0 Å². The lowest BCUT2D eigenvalue weighted by molar-refractivity contribution is 0.151. The van der Waals surface area contributed by atoms with Crippen molar-refractivity contribution in [3.05, 3.63) is 24.2 Å². The van der Waals surface area contributed by atoms with Gasteiger partial charge in [-0.05, 0) is 12.6 Å². The highest BCUT2D eigenvalue weighted by molar-refractivity contribution is 5.04. The van der Waals surface area contributed by atoms with E-state index in [0.717, 1.165) is 39.3 Å². The van der Waals surface area contributed by atoms with E-state index in [9.17, 15) is 0 Å². The average molecular weight is 226 g/mol. The standard InChI is InChI=1S/C12H22N2O2/c1-3-14(7-9-15-2)6-5-13-10-12-4-8-16-11-12/h4,8,11,13H,3,5-7,9-10H2,1-2H3. The molecule has 16 heavy (non-hydrogen) atoms. The lowest BCUT2D eigenvalue weighted by Gasteiger charge is -2.19. The summed E-state index contributed by atoms with van der Waals surface area (Å²) in [6.07, 6.45) is 3.48. The van der Waals surface area contributed by atoms with Gasteiger partial charge in [-0.1, -0.05) is 6.92 Å². The van der Waals surface area contributed by atoms with Gasteiger partial charge in [-0.15, -0.1) is 0 Å². The molecule has 1 rings (SSSR count). The average Bonchev–Trinajstić information content (AvgIpc) is 2.81. The molecule has 0 atom stereocenters. The zero-order valence-corrected chi connectivity index (χ0v) is 10.2. The molecule has 0 aliphatic rings. The molecule has 0 saturated carbocycles. The Kier molecular flexibility index (Phi) is 6.88. The van der Waals surface area contributed by atoms with Crippen LogP contribution in [-0.4, -0.2) is 44.8 Å². The van der Waals surface area contributed by atoms with Crippen molar-refractivity contribution in [1.82, 2.24) is 10.2 Å². The predicted molar refractivity (Wildman–Crippen MR) is 64.4 cm³/mol. The predicted octanol–water partition coefficient (Wildman–Crippen LogP) is 1.34. The van der Waals surface area contributed by atoms with Gasteiger partial charge in [-0.2, -0.15) is 0 Å². The minimum absolute atomic E-state index is 0.801. The third-order valence-electron chi connectivity index (χ3n) is 2.57.